The number of nitrogens with one attached hydrogen (secondary N) is 1. The zero-order chi connectivity index (χ0) is 27.9. The van der Waals surface area contributed by atoms with Crippen LogP contribution in [0.3, 0.4) is 0 Å². The van der Waals surface area contributed by atoms with Gasteiger partial charge in [0, 0.05) is 57.7 Å². The number of hydrogen-bond donors (Lipinski definition) is 1. The van der Waals surface area contributed by atoms with Crippen LogP contribution >= 0.6 is 11.6 Å². The van der Waals surface area contributed by atoms with Gasteiger partial charge in [0.05, 0.1) is 36.4 Å². The average molecular weight is 568 g/mol. The third-order valence-electron chi connectivity index (χ3n) is 6.88. The van der Waals surface area contributed by atoms with Crippen molar-refractivity contribution in [2.75, 3.05) is 79.3 Å². The van der Waals surface area contributed by atoms with E-state index in [9.17, 15) is 0 Å². The van der Waals surface area contributed by atoms with E-state index in [0.29, 0.717) is 70.2 Å². The van der Waals surface area contributed by atoms with Crippen LogP contribution in [0, 0.1) is 11.8 Å². The standard InChI is InChI=1S/C29H34ClN5O5/c1-34-9-11-35(12-10-34)8-6-14-38-25-17-23-21(16-24(25)37-3)29(32-18-31-23)33-26-22(30)15-20(7-4-5-13-36-2)27-28(26)40-19-39-27/h15-18H,5-6,8-14,19H2,1-3H3,(H,31,32,33). The lowest BCUT2D eigenvalue weighted by molar-refractivity contribution is 0.145. The third-order valence-corrected chi connectivity index (χ3v) is 7.18. The smallest absolute Gasteiger partial charge is 0.231 e. The Hall–Kier alpha value is -3.49. The minimum Gasteiger partial charge on any atom is -0.493 e. The van der Waals surface area contributed by atoms with E-state index in [-0.39, 0.29) is 6.79 Å². The topological polar surface area (TPSA) is 90.4 Å². The lowest BCUT2D eigenvalue weighted by Gasteiger charge is -2.32. The van der Waals surface area contributed by atoms with Gasteiger partial charge < -0.3 is 38.8 Å². The van der Waals surface area contributed by atoms with E-state index in [1.165, 1.54) is 6.33 Å². The molecule has 1 saturated heterocycles. The fraction of sp³-hybridized carbons (Fsp3) is 0.448. The Balaban J connectivity index is 1.34. The molecule has 0 atom stereocenters. The van der Waals surface area contributed by atoms with Crippen LogP contribution in [0.2, 0.25) is 5.02 Å². The Kier molecular flexibility index (Phi) is 9.29. The molecule has 5 rings (SSSR count). The molecule has 1 N–H and O–H groups in total. The second-order valence-electron chi connectivity index (χ2n) is 9.60. The molecule has 1 fully saturated rings. The summed E-state index contributed by atoms with van der Waals surface area (Å²) >= 11 is 6.69. The van der Waals surface area contributed by atoms with Gasteiger partial charge in [-0.1, -0.05) is 23.4 Å². The molecule has 2 aliphatic rings. The van der Waals surface area contributed by atoms with Gasteiger partial charge in [-0.3, -0.25) is 0 Å². The van der Waals surface area contributed by atoms with Gasteiger partial charge in [0.1, 0.15) is 17.8 Å². The van der Waals surface area contributed by atoms with Crippen LogP contribution in [-0.2, 0) is 4.74 Å². The summed E-state index contributed by atoms with van der Waals surface area (Å²) in [5, 5.41) is 4.50. The molecular weight excluding hydrogens is 534 g/mol. The molecule has 2 aromatic carbocycles. The van der Waals surface area contributed by atoms with Crippen molar-refractivity contribution in [3.05, 3.63) is 35.1 Å². The summed E-state index contributed by atoms with van der Waals surface area (Å²) in [6.07, 6.45) is 3.02. The number of methoxy groups -OCH3 is 2. The van der Waals surface area contributed by atoms with Crippen molar-refractivity contribution in [3.8, 4) is 34.8 Å². The first-order valence-electron chi connectivity index (χ1n) is 13.3. The molecule has 0 unspecified atom stereocenters. The highest BCUT2D eigenvalue weighted by Crippen LogP contribution is 2.47. The number of anilines is 2. The predicted molar refractivity (Wildman–Crippen MR) is 154 cm³/mol. The largest absolute Gasteiger partial charge is 0.493 e. The number of aromatic nitrogens is 2. The molecule has 0 amide bonds. The van der Waals surface area contributed by atoms with Crippen molar-refractivity contribution >= 4 is 34.0 Å². The summed E-state index contributed by atoms with van der Waals surface area (Å²) in [4.78, 5) is 13.8. The fourth-order valence-corrected chi connectivity index (χ4v) is 4.90. The van der Waals surface area contributed by atoms with Crippen molar-refractivity contribution in [3.63, 3.8) is 0 Å². The van der Waals surface area contributed by atoms with Crippen LogP contribution in [0.5, 0.6) is 23.0 Å². The first-order chi connectivity index (χ1) is 19.6. The second kappa shape index (κ2) is 13.2. The number of piperazine rings is 1. The molecule has 212 valence electrons. The lowest BCUT2D eigenvalue weighted by Crippen LogP contribution is -2.44. The summed E-state index contributed by atoms with van der Waals surface area (Å²) < 4.78 is 28.4. The maximum atomic E-state index is 6.69. The van der Waals surface area contributed by atoms with Crippen LogP contribution in [0.4, 0.5) is 11.5 Å². The molecule has 0 saturated carbocycles. The van der Waals surface area contributed by atoms with E-state index >= 15 is 0 Å². The molecule has 0 radical (unpaired) electrons. The van der Waals surface area contributed by atoms with Crippen LogP contribution in [-0.4, -0.2) is 93.8 Å². The molecule has 11 heteroatoms. The highest BCUT2D eigenvalue weighted by molar-refractivity contribution is 6.34. The normalized spacial score (nSPS) is 15.1. The van der Waals surface area contributed by atoms with Crippen LogP contribution in [0.15, 0.2) is 24.5 Å². The molecule has 1 aromatic heterocycles. The SMILES string of the molecule is COCCC#Cc1cc(Cl)c(Nc2ncnc3cc(OCCCN4CCN(C)CC4)c(OC)cc23)c2c1OCO2. The summed E-state index contributed by atoms with van der Waals surface area (Å²) in [5.74, 6) is 8.98. The highest BCUT2D eigenvalue weighted by atomic mass is 35.5. The van der Waals surface area contributed by atoms with E-state index < -0.39 is 0 Å². The van der Waals surface area contributed by atoms with E-state index in [1.807, 2.05) is 12.1 Å². The number of fused-ring (bicyclic) bond motifs is 2. The maximum Gasteiger partial charge on any atom is 0.231 e. The molecule has 0 spiro atoms. The lowest BCUT2D eigenvalue weighted by atomic mass is 10.1. The zero-order valence-electron chi connectivity index (χ0n) is 23.1. The van der Waals surface area contributed by atoms with Gasteiger partial charge in [0.25, 0.3) is 0 Å². The quantitative estimate of drug-likeness (QED) is 0.284. The van der Waals surface area contributed by atoms with E-state index in [2.05, 4.69) is 44.0 Å². The fourth-order valence-electron chi connectivity index (χ4n) is 4.65. The Morgan fingerprint density at radius 3 is 2.65 bits per heavy atom. The van der Waals surface area contributed by atoms with Crippen molar-refractivity contribution in [1.29, 1.82) is 0 Å². The van der Waals surface area contributed by atoms with Crippen molar-refractivity contribution in [2.45, 2.75) is 12.8 Å². The summed E-state index contributed by atoms with van der Waals surface area (Å²) in [5.41, 5.74) is 1.90. The summed E-state index contributed by atoms with van der Waals surface area (Å²) in [6, 6.07) is 5.51. The number of rotatable bonds is 10. The molecule has 40 heavy (non-hydrogen) atoms. The minimum atomic E-state index is 0.0744. The molecule has 0 bridgehead atoms. The number of nitrogens with zero attached hydrogens (tertiary/aromatic N) is 4. The van der Waals surface area contributed by atoms with E-state index in [1.54, 1.807) is 20.3 Å². The van der Waals surface area contributed by atoms with Gasteiger partial charge in [0.15, 0.2) is 23.0 Å². The van der Waals surface area contributed by atoms with Gasteiger partial charge in [-0.05, 0) is 25.6 Å². The Labute approximate surface area is 239 Å². The number of halogens is 1. The molecule has 3 heterocycles. The van der Waals surface area contributed by atoms with Crippen LogP contribution in [0.25, 0.3) is 10.9 Å². The average Bonchev–Trinajstić information content (AvgIpc) is 3.46. The zero-order valence-corrected chi connectivity index (χ0v) is 23.8. The predicted octanol–water partition coefficient (Wildman–Crippen LogP) is 4.17. The number of likely N-dealkylation sites (N-methyl/N-ethyl adjacent to an activating group) is 1. The highest BCUT2D eigenvalue weighted by Gasteiger charge is 2.25. The van der Waals surface area contributed by atoms with Gasteiger partial charge >= 0.3 is 0 Å². The number of ether oxygens (including phenoxy) is 5. The Morgan fingerprint density at radius 2 is 1.85 bits per heavy atom. The minimum absolute atomic E-state index is 0.0744. The number of hydrogen-bond acceptors (Lipinski definition) is 10. The first-order valence-corrected chi connectivity index (χ1v) is 13.7. The van der Waals surface area contributed by atoms with Crippen molar-refractivity contribution in [2.24, 2.45) is 0 Å². The summed E-state index contributed by atoms with van der Waals surface area (Å²) in [6.45, 7) is 6.62. The monoisotopic (exact) mass is 567 g/mol. The number of benzene rings is 2. The maximum absolute atomic E-state index is 6.69. The van der Waals surface area contributed by atoms with Gasteiger partial charge in [-0.25, -0.2) is 9.97 Å². The summed E-state index contributed by atoms with van der Waals surface area (Å²) in [7, 11) is 5.43. The first kappa shape index (κ1) is 28.1. The second-order valence-corrected chi connectivity index (χ2v) is 10.0. The van der Waals surface area contributed by atoms with E-state index in [4.69, 9.17) is 35.3 Å². The van der Waals surface area contributed by atoms with Crippen LogP contribution < -0.4 is 24.3 Å². The van der Waals surface area contributed by atoms with E-state index in [0.717, 1.165) is 44.5 Å². The van der Waals surface area contributed by atoms with Crippen LogP contribution in [0.1, 0.15) is 18.4 Å². The van der Waals surface area contributed by atoms with Gasteiger partial charge in [0.2, 0.25) is 6.79 Å². The van der Waals surface area contributed by atoms with Gasteiger partial charge in [-0.2, -0.15) is 0 Å². The molecule has 3 aromatic rings. The molecule has 0 aliphatic carbocycles. The Bertz CT molecular complexity index is 1400. The Morgan fingerprint density at radius 1 is 1.02 bits per heavy atom. The van der Waals surface area contributed by atoms with Crippen molar-refractivity contribution in [1.82, 2.24) is 19.8 Å². The molecular formula is C29H34ClN5O5. The van der Waals surface area contributed by atoms with Gasteiger partial charge in [-0.15, -0.1) is 0 Å². The van der Waals surface area contributed by atoms with Crippen molar-refractivity contribution < 1.29 is 23.7 Å². The molecule has 10 nitrogen and oxygen atoms in total. The third kappa shape index (κ3) is 6.45. The molecule has 2 aliphatic heterocycles.